The fourth-order valence-electron chi connectivity index (χ4n) is 2.89. The maximum absolute atomic E-state index is 12.9. The molecule has 1 aliphatic heterocycles. The van der Waals surface area contributed by atoms with E-state index < -0.39 is 35.1 Å². The third-order valence-corrected chi connectivity index (χ3v) is 5.21. The molecule has 0 atom stereocenters. The second-order valence-electron chi connectivity index (χ2n) is 6.54. The number of hydrogen-bond acceptors (Lipinski definition) is 5. The summed E-state index contributed by atoms with van der Waals surface area (Å²) in [6.45, 7) is 1.72. The van der Waals surface area contributed by atoms with E-state index >= 15 is 0 Å². The lowest BCUT2D eigenvalue weighted by Crippen LogP contribution is -2.19. The molecule has 0 aliphatic carbocycles. The Morgan fingerprint density at radius 3 is 2.13 bits per heavy atom. The Morgan fingerprint density at radius 2 is 1.57 bits per heavy atom. The minimum Gasteiger partial charge on any atom is -0.356 e. The molecule has 162 valence electrons. The average Bonchev–Trinajstić information content (AvgIpc) is 3.20. The van der Waals surface area contributed by atoms with Gasteiger partial charge in [-0.2, -0.15) is 26.3 Å². The third-order valence-electron chi connectivity index (χ3n) is 4.28. The molecule has 0 bridgehead atoms. The van der Waals surface area contributed by atoms with E-state index in [2.05, 4.69) is 20.2 Å². The zero-order chi connectivity index (χ0) is 21.9. The smallest absolute Gasteiger partial charge is 0.356 e. The summed E-state index contributed by atoms with van der Waals surface area (Å²) in [5.41, 5.74) is -3.57. The first-order valence-corrected chi connectivity index (χ1v) is 9.80. The Labute approximate surface area is 171 Å². The molecule has 1 amide bonds. The number of anilines is 2. The molecule has 5 nitrogen and oxygen atoms in total. The standard InChI is InChI=1S/C18H16F6N4OS/c19-17(20,21)11-5-12(18(22,23)24)7-13(6-11)27-15(29)9-30-16-8-14(25-10-26-16)28-3-1-2-4-28/h5-8,10H,1-4,9H2,(H,27,29). The van der Waals surface area contributed by atoms with Crippen LogP contribution < -0.4 is 10.2 Å². The van der Waals surface area contributed by atoms with Gasteiger partial charge >= 0.3 is 12.4 Å². The van der Waals surface area contributed by atoms with Gasteiger partial charge < -0.3 is 10.2 Å². The molecule has 2 heterocycles. The van der Waals surface area contributed by atoms with Crippen LogP contribution in [0.4, 0.5) is 37.8 Å². The number of carbonyl (C=O) groups is 1. The van der Waals surface area contributed by atoms with E-state index in [1.165, 1.54) is 6.33 Å². The van der Waals surface area contributed by atoms with Crippen molar-refractivity contribution in [2.24, 2.45) is 0 Å². The maximum Gasteiger partial charge on any atom is 0.416 e. The van der Waals surface area contributed by atoms with Crippen LogP contribution in [0.5, 0.6) is 0 Å². The molecule has 30 heavy (non-hydrogen) atoms. The van der Waals surface area contributed by atoms with Crippen molar-refractivity contribution in [3.05, 3.63) is 41.7 Å². The minimum absolute atomic E-state index is 0.00514. The first-order chi connectivity index (χ1) is 14.0. The summed E-state index contributed by atoms with van der Waals surface area (Å²) in [6, 6.07) is 2.63. The Hall–Kier alpha value is -2.50. The number of halogens is 6. The van der Waals surface area contributed by atoms with Crippen molar-refractivity contribution >= 4 is 29.2 Å². The van der Waals surface area contributed by atoms with Crippen LogP contribution >= 0.6 is 11.8 Å². The molecule has 0 unspecified atom stereocenters. The van der Waals surface area contributed by atoms with E-state index in [9.17, 15) is 31.1 Å². The first-order valence-electron chi connectivity index (χ1n) is 8.81. The highest BCUT2D eigenvalue weighted by Gasteiger charge is 2.37. The fraction of sp³-hybridized carbons (Fsp3) is 0.389. The lowest BCUT2D eigenvalue weighted by atomic mass is 10.1. The van der Waals surface area contributed by atoms with Gasteiger partial charge in [-0.05, 0) is 31.0 Å². The summed E-state index contributed by atoms with van der Waals surface area (Å²) in [5.74, 6) is -0.291. The Bertz CT molecular complexity index is 880. The summed E-state index contributed by atoms with van der Waals surface area (Å²) < 4.78 is 77.4. The number of benzene rings is 1. The zero-order valence-electron chi connectivity index (χ0n) is 15.3. The highest BCUT2D eigenvalue weighted by Crippen LogP contribution is 2.37. The molecule has 0 saturated carbocycles. The van der Waals surface area contributed by atoms with Crippen molar-refractivity contribution in [3.63, 3.8) is 0 Å². The first kappa shape index (κ1) is 22.2. The van der Waals surface area contributed by atoms with Crippen molar-refractivity contribution in [1.29, 1.82) is 0 Å². The lowest BCUT2D eigenvalue weighted by molar-refractivity contribution is -0.143. The molecule has 0 radical (unpaired) electrons. The maximum atomic E-state index is 12.9. The molecule has 1 aromatic heterocycles. The van der Waals surface area contributed by atoms with Crippen molar-refractivity contribution in [2.45, 2.75) is 30.2 Å². The Balaban J connectivity index is 1.68. The predicted molar refractivity (Wildman–Crippen MR) is 99.3 cm³/mol. The number of nitrogens with one attached hydrogen (secondary N) is 1. The normalized spacial score (nSPS) is 14.8. The van der Waals surface area contributed by atoms with Gasteiger partial charge in [-0.25, -0.2) is 9.97 Å². The average molecular weight is 450 g/mol. The van der Waals surface area contributed by atoms with Crippen LogP contribution in [0.3, 0.4) is 0 Å². The van der Waals surface area contributed by atoms with Gasteiger partial charge in [-0.15, -0.1) is 0 Å². The van der Waals surface area contributed by atoms with Gasteiger partial charge in [-0.1, -0.05) is 11.8 Å². The van der Waals surface area contributed by atoms with Crippen LogP contribution in [-0.2, 0) is 17.1 Å². The highest BCUT2D eigenvalue weighted by atomic mass is 32.2. The second kappa shape index (κ2) is 8.70. The van der Waals surface area contributed by atoms with Gasteiger partial charge in [0.05, 0.1) is 16.9 Å². The monoisotopic (exact) mass is 450 g/mol. The molecule has 1 fully saturated rings. The van der Waals surface area contributed by atoms with E-state index in [0.717, 1.165) is 37.7 Å². The minimum atomic E-state index is -4.98. The SMILES string of the molecule is O=C(CSc1cc(N2CCCC2)ncn1)Nc1cc(C(F)(F)F)cc(C(F)(F)F)c1. The quantitative estimate of drug-likeness (QED) is 0.401. The molecule has 1 aliphatic rings. The Kier molecular flexibility index (Phi) is 6.44. The van der Waals surface area contributed by atoms with Crippen molar-refractivity contribution < 1.29 is 31.1 Å². The molecule has 0 spiro atoms. The summed E-state index contributed by atoms with van der Waals surface area (Å²) in [6.07, 6.45) is -6.53. The van der Waals surface area contributed by atoms with Crippen LogP contribution in [-0.4, -0.2) is 34.7 Å². The van der Waals surface area contributed by atoms with Crippen LogP contribution in [0.1, 0.15) is 24.0 Å². The fourth-order valence-corrected chi connectivity index (χ4v) is 3.55. The van der Waals surface area contributed by atoms with E-state index in [4.69, 9.17) is 0 Å². The van der Waals surface area contributed by atoms with Gasteiger partial charge in [-0.3, -0.25) is 4.79 Å². The molecular weight excluding hydrogens is 434 g/mol. The summed E-state index contributed by atoms with van der Waals surface area (Å²) >= 11 is 1.01. The molecular formula is C18H16F6N4OS. The van der Waals surface area contributed by atoms with Gasteiger partial charge in [0.25, 0.3) is 0 Å². The number of thioether (sulfide) groups is 1. The highest BCUT2D eigenvalue weighted by molar-refractivity contribution is 7.99. The summed E-state index contributed by atoms with van der Waals surface area (Å²) in [5, 5.41) is 2.57. The molecule has 3 rings (SSSR count). The van der Waals surface area contributed by atoms with Gasteiger partial charge in [0.1, 0.15) is 17.2 Å². The number of aromatic nitrogens is 2. The van der Waals surface area contributed by atoms with Crippen molar-refractivity contribution in [2.75, 3.05) is 29.1 Å². The van der Waals surface area contributed by atoms with Crippen LogP contribution in [0.2, 0.25) is 0 Å². The van der Waals surface area contributed by atoms with Crippen LogP contribution in [0.15, 0.2) is 35.6 Å². The van der Waals surface area contributed by atoms with Gasteiger partial charge in [0.15, 0.2) is 0 Å². The van der Waals surface area contributed by atoms with Crippen LogP contribution in [0, 0.1) is 0 Å². The molecule has 1 saturated heterocycles. The van der Waals surface area contributed by atoms with E-state index in [1.54, 1.807) is 6.07 Å². The van der Waals surface area contributed by atoms with Gasteiger partial charge in [0.2, 0.25) is 5.91 Å². The molecule has 1 aromatic carbocycles. The predicted octanol–water partition coefficient (Wildman–Crippen LogP) is 4.85. The number of carbonyl (C=O) groups excluding carboxylic acids is 1. The van der Waals surface area contributed by atoms with E-state index in [-0.39, 0.29) is 11.8 Å². The summed E-state index contributed by atoms with van der Waals surface area (Å²) in [7, 11) is 0. The Morgan fingerprint density at radius 1 is 0.967 bits per heavy atom. The van der Waals surface area contributed by atoms with E-state index in [1.807, 2.05) is 0 Å². The number of nitrogens with zero attached hydrogens (tertiary/aromatic N) is 3. The molecule has 2 aromatic rings. The second-order valence-corrected chi connectivity index (χ2v) is 7.54. The number of alkyl halides is 6. The zero-order valence-corrected chi connectivity index (χ0v) is 16.2. The largest absolute Gasteiger partial charge is 0.416 e. The van der Waals surface area contributed by atoms with Crippen molar-refractivity contribution in [1.82, 2.24) is 9.97 Å². The van der Waals surface area contributed by atoms with E-state index in [0.29, 0.717) is 23.0 Å². The molecule has 12 heteroatoms. The topological polar surface area (TPSA) is 58.1 Å². The number of hydrogen-bond donors (Lipinski definition) is 1. The van der Waals surface area contributed by atoms with Crippen molar-refractivity contribution in [3.8, 4) is 0 Å². The molecule has 1 N–H and O–H groups in total. The van der Waals surface area contributed by atoms with Crippen LogP contribution in [0.25, 0.3) is 0 Å². The van der Waals surface area contributed by atoms with Gasteiger partial charge in [0, 0.05) is 24.8 Å². The third kappa shape index (κ3) is 5.77. The number of amides is 1. The summed E-state index contributed by atoms with van der Waals surface area (Å²) in [4.78, 5) is 22.4. The number of rotatable bonds is 5. The lowest BCUT2D eigenvalue weighted by Gasteiger charge is -2.16.